The first kappa shape index (κ1) is 14.1. The quantitative estimate of drug-likeness (QED) is 0.909. The van der Waals surface area contributed by atoms with Crippen LogP contribution in [-0.2, 0) is 6.54 Å². The number of aromatic nitrogens is 1. The van der Waals surface area contributed by atoms with Gasteiger partial charge in [0.15, 0.2) is 0 Å². The number of rotatable bonds is 5. The molecule has 20 heavy (non-hydrogen) atoms. The SMILES string of the molecule is CCN(CCn1cc(N)ccc1=O)c1cccc(F)c1. The molecule has 2 N–H and O–H groups in total. The number of hydrogen-bond acceptors (Lipinski definition) is 3. The summed E-state index contributed by atoms with van der Waals surface area (Å²) in [5.41, 5.74) is 6.95. The predicted molar refractivity (Wildman–Crippen MR) is 79.4 cm³/mol. The van der Waals surface area contributed by atoms with Crippen LogP contribution in [0.5, 0.6) is 0 Å². The molecule has 2 aromatic rings. The molecule has 0 spiro atoms. The topological polar surface area (TPSA) is 51.3 Å². The average molecular weight is 275 g/mol. The highest BCUT2D eigenvalue weighted by Crippen LogP contribution is 2.15. The Kier molecular flexibility index (Phi) is 4.40. The van der Waals surface area contributed by atoms with Gasteiger partial charge in [-0.3, -0.25) is 4.79 Å². The standard InChI is InChI=1S/C15H18FN3O/c1-2-18(14-5-3-4-12(16)10-14)8-9-19-11-13(17)6-7-15(19)20/h3-7,10-11H,2,8-9,17H2,1H3. The first-order valence-corrected chi connectivity index (χ1v) is 6.56. The summed E-state index contributed by atoms with van der Waals surface area (Å²) in [5.74, 6) is -0.262. The van der Waals surface area contributed by atoms with Crippen LogP contribution >= 0.6 is 0 Å². The Morgan fingerprint density at radius 1 is 1.30 bits per heavy atom. The van der Waals surface area contributed by atoms with Crippen molar-refractivity contribution in [3.63, 3.8) is 0 Å². The third-order valence-electron chi connectivity index (χ3n) is 3.17. The van der Waals surface area contributed by atoms with E-state index in [0.717, 1.165) is 12.2 Å². The molecule has 1 heterocycles. The fraction of sp³-hybridized carbons (Fsp3) is 0.267. The van der Waals surface area contributed by atoms with E-state index in [-0.39, 0.29) is 11.4 Å². The second-order valence-electron chi connectivity index (χ2n) is 4.55. The number of anilines is 2. The Morgan fingerprint density at radius 3 is 2.80 bits per heavy atom. The Balaban J connectivity index is 2.11. The zero-order valence-electron chi connectivity index (χ0n) is 11.4. The van der Waals surface area contributed by atoms with Crippen LogP contribution in [0.25, 0.3) is 0 Å². The maximum absolute atomic E-state index is 13.2. The lowest BCUT2D eigenvalue weighted by atomic mass is 10.2. The van der Waals surface area contributed by atoms with Crippen LogP contribution in [0.2, 0.25) is 0 Å². The fourth-order valence-electron chi connectivity index (χ4n) is 2.10. The van der Waals surface area contributed by atoms with Crippen molar-refractivity contribution < 1.29 is 4.39 Å². The zero-order valence-corrected chi connectivity index (χ0v) is 11.4. The van der Waals surface area contributed by atoms with Crippen molar-refractivity contribution in [2.24, 2.45) is 0 Å². The third kappa shape index (κ3) is 3.38. The molecule has 0 fully saturated rings. The molecule has 0 aliphatic carbocycles. The van der Waals surface area contributed by atoms with Gasteiger partial charge in [-0.15, -0.1) is 0 Å². The Morgan fingerprint density at radius 2 is 2.10 bits per heavy atom. The molecule has 5 heteroatoms. The summed E-state index contributed by atoms with van der Waals surface area (Å²) in [4.78, 5) is 13.7. The van der Waals surface area contributed by atoms with Gasteiger partial charge in [-0.2, -0.15) is 0 Å². The highest BCUT2D eigenvalue weighted by atomic mass is 19.1. The van der Waals surface area contributed by atoms with Gasteiger partial charge < -0.3 is 15.2 Å². The van der Waals surface area contributed by atoms with E-state index >= 15 is 0 Å². The van der Waals surface area contributed by atoms with Crippen LogP contribution in [0, 0.1) is 5.82 Å². The first-order chi connectivity index (χ1) is 9.60. The van der Waals surface area contributed by atoms with E-state index in [9.17, 15) is 9.18 Å². The normalized spacial score (nSPS) is 10.5. The lowest BCUT2D eigenvalue weighted by Gasteiger charge is -2.23. The van der Waals surface area contributed by atoms with E-state index < -0.39 is 0 Å². The summed E-state index contributed by atoms with van der Waals surface area (Å²) in [5, 5.41) is 0. The number of pyridine rings is 1. The van der Waals surface area contributed by atoms with Gasteiger partial charge in [-0.1, -0.05) is 6.07 Å². The van der Waals surface area contributed by atoms with Crippen molar-refractivity contribution in [1.29, 1.82) is 0 Å². The maximum atomic E-state index is 13.2. The lowest BCUT2D eigenvalue weighted by Crippen LogP contribution is -2.30. The van der Waals surface area contributed by atoms with Crippen molar-refractivity contribution in [1.82, 2.24) is 4.57 Å². The second kappa shape index (κ2) is 6.23. The third-order valence-corrected chi connectivity index (χ3v) is 3.17. The minimum Gasteiger partial charge on any atom is -0.398 e. The summed E-state index contributed by atoms with van der Waals surface area (Å²) in [7, 11) is 0. The van der Waals surface area contributed by atoms with Gasteiger partial charge in [-0.05, 0) is 31.2 Å². The van der Waals surface area contributed by atoms with E-state index in [4.69, 9.17) is 5.73 Å². The summed E-state index contributed by atoms with van der Waals surface area (Å²) in [6, 6.07) is 9.48. The molecule has 106 valence electrons. The second-order valence-corrected chi connectivity index (χ2v) is 4.55. The van der Waals surface area contributed by atoms with Crippen molar-refractivity contribution in [3.05, 3.63) is 58.8 Å². The van der Waals surface area contributed by atoms with Crippen LogP contribution in [-0.4, -0.2) is 17.7 Å². The van der Waals surface area contributed by atoms with Crippen LogP contribution in [0.4, 0.5) is 15.8 Å². The average Bonchev–Trinajstić information content (AvgIpc) is 2.43. The number of hydrogen-bond donors (Lipinski definition) is 1. The number of nitrogens with zero attached hydrogens (tertiary/aromatic N) is 2. The minimum absolute atomic E-state index is 0.0884. The molecule has 0 amide bonds. The van der Waals surface area contributed by atoms with Crippen molar-refractivity contribution in [3.8, 4) is 0 Å². The van der Waals surface area contributed by atoms with Gasteiger partial charge in [-0.25, -0.2) is 4.39 Å². The minimum atomic E-state index is -0.262. The molecular weight excluding hydrogens is 257 g/mol. The number of halogens is 1. The van der Waals surface area contributed by atoms with Gasteiger partial charge in [0.25, 0.3) is 5.56 Å². The smallest absolute Gasteiger partial charge is 0.250 e. The Hall–Kier alpha value is -2.30. The largest absolute Gasteiger partial charge is 0.398 e. The van der Waals surface area contributed by atoms with Gasteiger partial charge in [0.05, 0.1) is 0 Å². The van der Waals surface area contributed by atoms with E-state index in [0.29, 0.717) is 18.8 Å². The lowest BCUT2D eigenvalue weighted by molar-refractivity contribution is 0.621. The Labute approximate surface area is 117 Å². The van der Waals surface area contributed by atoms with Crippen molar-refractivity contribution in [2.75, 3.05) is 23.7 Å². The molecule has 0 bridgehead atoms. The highest BCUT2D eigenvalue weighted by Gasteiger charge is 2.06. The molecule has 4 nitrogen and oxygen atoms in total. The van der Waals surface area contributed by atoms with Crippen LogP contribution < -0.4 is 16.2 Å². The van der Waals surface area contributed by atoms with Crippen LogP contribution in [0.1, 0.15) is 6.92 Å². The maximum Gasteiger partial charge on any atom is 0.250 e. The summed E-state index contributed by atoms with van der Waals surface area (Å²) < 4.78 is 14.8. The molecule has 1 aromatic carbocycles. The number of likely N-dealkylation sites (N-methyl/N-ethyl adjacent to an activating group) is 1. The molecule has 0 aliphatic heterocycles. The first-order valence-electron chi connectivity index (χ1n) is 6.56. The highest BCUT2D eigenvalue weighted by molar-refractivity contribution is 5.46. The van der Waals surface area contributed by atoms with Crippen LogP contribution in [0.15, 0.2) is 47.4 Å². The van der Waals surface area contributed by atoms with E-state index in [1.165, 1.54) is 18.2 Å². The number of nitrogen functional groups attached to an aromatic ring is 1. The predicted octanol–water partition coefficient (Wildman–Crippen LogP) is 2.10. The van der Waals surface area contributed by atoms with Gasteiger partial charge >= 0.3 is 0 Å². The monoisotopic (exact) mass is 275 g/mol. The molecule has 2 rings (SSSR count). The van der Waals surface area contributed by atoms with Gasteiger partial charge in [0.1, 0.15) is 5.82 Å². The van der Waals surface area contributed by atoms with E-state index in [2.05, 4.69) is 0 Å². The Bertz CT molecular complexity index is 639. The van der Waals surface area contributed by atoms with E-state index in [1.54, 1.807) is 22.9 Å². The fourth-order valence-corrected chi connectivity index (χ4v) is 2.10. The summed E-state index contributed by atoms with van der Waals surface area (Å²) in [6.45, 7) is 3.85. The van der Waals surface area contributed by atoms with Crippen molar-refractivity contribution >= 4 is 11.4 Å². The molecule has 0 radical (unpaired) electrons. The zero-order chi connectivity index (χ0) is 14.5. The molecular formula is C15H18FN3O. The van der Waals surface area contributed by atoms with Crippen LogP contribution in [0.3, 0.4) is 0 Å². The van der Waals surface area contributed by atoms with Crippen molar-refractivity contribution in [2.45, 2.75) is 13.5 Å². The molecule has 0 saturated heterocycles. The number of nitrogens with two attached hydrogens (primary N) is 1. The summed E-state index contributed by atoms with van der Waals surface area (Å²) in [6.07, 6.45) is 1.63. The summed E-state index contributed by atoms with van der Waals surface area (Å²) >= 11 is 0. The van der Waals surface area contributed by atoms with Gasteiger partial charge in [0.2, 0.25) is 0 Å². The molecule has 0 atom stereocenters. The molecule has 0 saturated carbocycles. The molecule has 1 aromatic heterocycles. The molecule has 0 aliphatic rings. The van der Waals surface area contributed by atoms with E-state index in [1.807, 2.05) is 17.9 Å². The molecule has 0 unspecified atom stereocenters. The van der Waals surface area contributed by atoms with Gasteiger partial charge in [0, 0.05) is 43.3 Å². The number of benzene rings is 1.